The maximum Gasteiger partial charge on any atom is 0.0596 e. The predicted molar refractivity (Wildman–Crippen MR) is 91.8 cm³/mol. The van der Waals surface area contributed by atoms with Gasteiger partial charge in [0.05, 0.1) is 12.7 Å². The van der Waals surface area contributed by atoms with Crippen molar-refractivity contribution in [1.82, 2.24) is 10.2 Å². The highest BCUT2D eigenvalue weighted by atomic mass is 16.5. The van der Waals surface area contributed by atoms with E-state index in [4.69, 9.17) is 4.74 Å². The van der Waals surface area contributed by atoms with Crippen LogP contribution in [0.2, 0.25) is 0 Å². The fourth-order valence-corrected chi connectivity index (χ4v) is 3.28. The van der Waals surface area contributed by atoms with Gasteiger partial charge in [0.2, 0.25) is 0 Å². The van der Waals surface area contributed by atoms with Crippen LogP contribution in [-0.2, 0) is 4.74 Å². The van der Waals surface area contributed by atoms with Gasteiger partial charge in [0.25, 0.3) is 0 Å². The molecule has 1 rings (SSSR count). The Kier molecular flexibility index (Phi) is 8.22. The maximum absolute atomic E-state index is 5.69. The van der Waals surface area contributed by atoms with E-state index < -0.39 is 0 Å². The average Bonchev–Trinajstić information content (AvgIpc) is 2.39. The number of hydrogen-bond acceptors (Lipinski definition) is 3. The summed E-state index contributed by atoms with van der Waals surface area (Å²) in [4.78, 5) is 2.47. The van der Waals surface area contributed by atoms with Crippen LogP contribution in [0.1, 0.15) is 60.3 Å². The van der Waals surface area contributed by atoms with Crippen molar-refractivity contribution in [2.24, 2.45) is 11.3 Å². The van der Waals surface area contributed by atoms with Crippen LogP contribution in [0.4, 0.5) is 0 Å². The minimum Gasteiger partial charge on any atom is -0.377 e. The number of nitrogens with zero attached hydrogens (tertiary/aromatic N) is 1. The Morgan fingerprint density at radius 1 is 1.19 bits per heavy atom. The number of ether oxygens (including phenoxy) is 1. The van der Waals surface area contributed by atoms with Crippen LogP contribution in [0.25, 0.3) is 0 Å². The standard InChI is InChI=1S/C18H38N2O/c1-15(2)19-13-18(9-7-17(5)8-10-18)14-20(6)11-12-21-16(3)4/h15-17,19H,7-14H2,1-6H3. The molecule has 0 radical (unpaired) electrons. The van der Waals surface area contributed by atoms with E-state index in [1.54, 1.807) is 0 Å². The minimum absolute atomic E-state index is 0.338. The fraction of sp³-hybridized carbons (Fsp3) is 1.00. The van der Waals surface area contributed by atoms with Gasteiger partial charge in [0, 0.05) is 25.7 Å². The van der Waals surface area contributed by atoms with Crippen LogP contribution in [0.15, 0.2) is 0 Å². The molecule has 3 nitrogen and oxygen atoms in total. The van der Waals surface area contributed by atoms with E-state index in [0.717, 1.165) is 25.6 Å². The van der Waals surface area contributed by atoms with E-state index in [2.05, 4.69) is 51.9 Å². The number of nitrogens with one attached hydrogen (secondary N) is 1. The molecule has 1 saturated carbocycles. The first-order chi connectivity index (χ1) is 9.83. The molecule has 0 bridgehead atoms. The van der Waals surface area contributed by atoms with Crippen LogP contribution in [-0.4, -0.2) is 50.3 Å². The third-order valence-electron chi connectivity index (χ3n) is 4.75. The van der Waals surface area contributed by atoms with E-state index >= 15 is 0 Å². The molecule has 21 heavy (non-hydrogen) atoms. The highest BCUT2D eigenvalue weighted by Crippen LogP contribution is 2.39. The Balaban J connectivity index is 2.48. The van der Waals surface area contributed by atoms with Crippen LogP contribution in [0.5, 0.6) is 0 Å². The summed E-state index contributed by atoms with van der Waals surface area (Å²) in [6.45, 7) is 15.4. The Morgan fingerprint density at radius 2 is 1.81 bits per heavy atom. The highest BCUT2D eigenvalue weighted by Gasteiger charge is 2.34. The summed E-state index contributed by atoms with van der Waals surface area (Å²) in [6, 6.07) is 0.579. The van der Waals surface area contributed by atoms with Crippen LogP contribution < -0.4 is 5.32 Å². The Labute approximate surface area is 132 Å². The van der Waals surface area contributed by atoms with Crippen molar-refractivity contribution in [1.29, 1.82) is 0 Å². The molecule has 0 aliphatic heterocycles. The van der Waals surface area contributed by atoms with E-state index in [1.165, 1.54) is 32.2 Å². The van der Waals surface area contributed by atoms with E-state index in [0.29, 0.717) is 17.6 Å². The van der Waals surface area contributed by atoms with Crippen molar-refractivity contribution >= 4 is 0 Å². The molecular formula is C18H38N2O. The van der Waals surface area contributed by atoms with Crippen LogP contribution in [0.3, 0.4) is 0 Å². The van der Waals surface area contributed by atoms with Crippen molar-refractivity contribution in [2.75, 3.05) is 33.3 Å². The molecule has 1 aliphatic carbocycles. The van der Waals surface area contributed by atoms with Crippen LogP contribution >= 0.6 is 0 Å². The quantitative estimate of drug-likeness (QED) is 0.704. The van der Waals surface area contributed by atoms with Gasteiger partial charge < -0.3 is 15.0 Å². The Hall–Kier alpha value is -0.120. The largest absolute Gasteiger partial charge is 0.377 e. The minimum atomic E-state index is 0.338. The summed E-state index contributed by atoms with van der Waals surface area (Å²) in [5.74, 6) is 0.909. The molecule has 0 spiro atoms. The number of rotatable bonds is 9. The molecule has 0 heterocycles. The van der Waals surface area contributed by atoms with E-state index in [9.17, 15) is 0 Å². The van der Waals surface area contributed by atoms with Crippen LogP contribution in [0, 0.1) is 11.3 Å². The van der Waals surface area contributed by atoms with Gasteiger partial charge in [-0.25, -0.2) is 0 Å². The molecular weight excluding hydrogens is 260 g/mol. The molecule has 1 aliphatic rings. The predicted octanol–water partition coefficient (Wildman–Crippen LogP) is 3.54. The summed E-state index contributed by atoms with van der Waals surface area (Å²) in [7, 11) is 2.25. The summed E-state index contributed by atoms with van der Waals surface area (Å²) in [6.07, 6.45) is 5.84. The van der Waals surface area contributed by atoms with Crippen molar-refractivity contribution in [3.05, 3.63) is 0 Å². The first-order valence-electron chi connectivity index (χ1n) is 8.86. The lowest BCUT2D eigenvalue weighted by atomic mass is 9.70. The second-order valence-electron chi connectivity index (χ2n) is 7.88. The van der Waals surface area contributed by atoms with Gasteiger partial charge in [0.1, 0.15) is 0 Å². The molecule has 0 atom stereocenters. The monoisotopic (exact) mass is 298 g/mol. The SMILES string of the molecule is CC1CCC(CNC(C)C)(CN(C)CCOC(C)C)CC1. The zero-order chi connectivity index (χ0) is 15.9. The Bertz CT molecular complexity index is 270. The second kappa shape index (κ2) is 9.12. The molecule has 0 unspecified atom stereocenters. The second-order valence-corrected chi connectivity index (χ2v) is 7.88. The Morgan fingerprint density at radius 3 is 2.33 bits per heavy atom. The molecule has 0 saturated heterocycles. The lowest BCUT2D eigenvalue weighted by Gasteiger charge is -2.42. The molecule has 1 fully saturated rings. The van der Waals surface area contributed by atoms with Crippen molar-refractivity contribution < 1.29 is 4.74 Å². The van der Waals surface area contributed by atoms with Crippen molar-refractivity contribution in [3.8, 4) is 0 Å². The molecule has 0 aromatic rings. The molecule has 0 aromatic carbocycles. The summed E-state index contributed by atoms with van der Waals surface area (Å²) < 4.78 is 5.69. The lowest BCUT2D eigenvalue weighted by molar-refractivity contribution is 0.0437. The van der Waals surface area contributed by atoms with Gasteiger partial charge >= 0.3 is 0 Å². The smallest absolute Gasteiger partial charge is 0.0596 e. The normalized spacial score (nSPS) is 27.0. The topological polar surface area (TPSA) is 24.5 Å². The van der Waals surface area contributed by atoms with E-state index in [-0.39, 0.29) is 0 Å². The average molecular weight is 299 g/mol. The lowest BCUT2D eigenvalue weighted by Crippen LogP contribution is -2.47. The van der Waals surface area contributed by atoms with E-state index in [1.807, 2.05) is 0 Å². The zero-order valence-corrected chi connectivity index (χ0v) is 15.2. The summed E-state index contributed by atoms with van der Waals surface area (Å²) in [5.41, 5.74) is 0.462. The van der Waals surface area contributed by atoms with Gasteiger partial charge in [-0.15, -0.1) is 0 Å². The van der Waals surface area contributed by atoms with Gasteiger partial charge in [-0.2, -0.15) is 0 Å². The molecule has 126 valence electrons. The zero-order valence-electron chi connectivity index (χ0n) is 15.2. The highest BCUT2D eigenvalue weighted by molar-refractivity contribution is 4.89. The van der Waals surface area contributed by atoms with Gasteiger partial charge in [-0.3, -0.25) is 0 Å². The summed E-state index contributed by atoms with van der Waals surface area (Å²) >= 11 is 0. The first kappa shape index (κ1) is 18.9. The fourth-order valence-electron chi connectivity index (χ4n) is 3.28. The van der Waals surface area contributed by atoms with Crippen molar-refractivity contribution in [2.45, 2.75) is 72.4 Å². The third kappa shape index (κ3) is 7.62. The number of hydrogen-bond donors (Lipinski definition) is 1. The maximum atomic E-state index is 5.69. The van der Waals surface area contributed by atoms with Gasteiger partial charge in [-0.1, -0.05) is 33.6 Å². The molecule has 1 N–H and O–H groups in total. The summed E-state index contributed by atoms with van der Waals surface area (Å²) in [5, 5.41) is 3.69. The van der Waals surface area contributed by atoms with Gasteiger partial charge in [-0.05, 0) is 45.1 Å². The first-order valence-corrected chi connectivity index (χ1v) is 8.86. The molecule has 0 aromatic heterocycles. The number of likely N-dealkylation sites (N-methyl/N-ethyl adjacent to an activating group) is 1. The van der Waals surface area contributed by atoms with Gasteiger partial charge in [0.15, 0.2) is 0 Å². The third-order valence-corrected chi connectivity index (χ3v) is 4.75. The molecule has 3 heteroatoms. The van der Waals surface area contributed by atoms with Crippen molar-refractivity contribution in [3.63, 3.8) is 0 Å². The molecule has 0 amide bonds.